The van der Waals surface area contributed by atoms with Gasteiger partial charge >= 0.3 is 5.69 Å². The molecule has 0 fully saturated rings. The number of aryl methyl sites for hydroxylation is 1. The number of halogens is 1. The summed E-state index contributed by atoms with van der Waals surface area (Å²) in [5, 5.41) is 6.22. The van der Waals surface area contributed by atoms with E-state index in [0.29, 0.717) is 11.3 Å². The minimum absolute atomic E-state index is 0.0456. The topological polar surface area (TPSA) is 112 Å². The number of aromatic nitrogens is 4. The molecule has 1 amide bonds. The van der Waals surface area contributed by atoms with Crippen molar-refractivity contribution in [1.82, 2.24) is 19.3 Å². The van der Waals surface area contributed by atoms with E-state index in [4.69, 9.17) is 4.52 Å². The van der Waals surface area contributed by atoms with Crippen molar-refractivity contribution in [3.63, 3.8) is 0 Å². The molecule has 0 aliphatic rings. The van der Waals surface area contributed by atoms with Crippen molar-refractivity contribution in [2.75, 3.05) is 5.32 Å². The van der Waals surface area contributed by atoms with Gasteiger partial charge in [0.15, 0.2) is 11.3 Å². The molecular weight excluding hydrogens is 393 g/mol. The van der Waals surface area contributed by atoms with E-state index in [1.165, 1.54) is 36.5 Å². The third-order valence-corrected chi connectivity index (χ3v) is 4.44. The number of nitrogens with one attached hydrogen (secondary N) is 1. The van der Waals surface area contributed by atoms with Crippen LogP contribution in [0.2, 0.25) is 0 Å². The van der Waals surface area contributed by atoms with Gasteiger partial charge in [-0.05, 0) is 36.8 Å². The molecule has 152 valence electrons. The molecule has 1 N–H and O–H groups in total. The Morgan fingerprint density at radius 3 is 2.63 bits per heavy atom. The average Bonchev–Trinajstić information content (AvgIpc) is 3.14. The predicted molar refractivity (Wildman–Crippen MR) is 106 cm³/mol. The molecule has 0 atom stereocenters. The van der Waals surface area contributed by atoms with E-state index in [2.05, 4.69) is 15.5 Å². The molecule has 0 spiro atoms. The van der Waals surface area contributed by atoms with Gasteiger partial charge in [-0.2, -0.15) is 0 Å². The maximum absolute atomic E-state index is 13.2. The SMILES string of the molecule is Cc1cc(NC(=O)Cn2c(=O)n(Cc3ccc(F)cc3)c(=O)c3ncccc32)no1. The second kappa shape index (κ2) is 7.74. The van der Waals surface area contributed by atoms with Gasteiger partial charge in [0.2, 0.25) is 5.91 Å². The molecule has 1 aromatic carbocycles. The van der Waals surface area contributed by atoms with Gasteiger partial charge < -0.3 is 9.84 Å². The Balaban J connectivity index is 1.76. The van der Waals surface area contributed by atoms with E-state index in [0.717, 1.165) is 9.13 Å². The summed E-state index contributed by atoms with van der Waals surface area (Å²) >= 11 is 0. The fourth-order valence-corrected chi connectivity index (χ4v) is 3.06. The van der Waals surface area contributed by atoms with Crippen molar-refractivity contribution < 1.29 is 13.7 Å². The Labute approximate surface area is 168 Å². The molecule has 0 radical (unpaired) electrons. The molecule has 0 bridgehead atoms. The summed E-state index contributed by atoms with van der Waals surface area (Å²) in [4.78, 5) is 42.5. The number of anilines is 1. The van der Waals surface area contributed by atoms with Crippen molar-refractivity contribution >= 4 is 22.8 Å². The molecule has 3 heterocycles. The first-order valence-electron chi connectivity index (χ1n) is 8.98. The van der Waals surface area contributed by atoms with Gasteiger partial charge in [-0.1, -0.05) is 17.3 Å². The van der Waals surface area contributed by atoms with E-state index in [1.807, 2.05) is 0 Å². The van der Waals surface area contributed by atoms with Crippen LogP contribution in [0.25, 0.3) is 11.0 Å². The quantitative estimate of drug-likeness (QED) is 0.537. The summed E-state index contributed by atoms with van der Waals surface area (Å²) in [6.45, 7) is 1.23. The molecule has 30 heavy (non-hydrogen) atoms. The van der Waals surface area contributed by atoms with Crippen LogP contribution in [0, 0.1) is 12.7 Å². The summed E-state index contributed by atoms with van der Waals surface area (Å²) in [5.74, 6) is -0.219. The lowest BCUT2D eigenvalue weighted by Crippen LogP contribution is -2.42. The number of amides is 1. The van der Waals surface area contributed by atoms with Crippen LogP contribution in [-0.2, 0) is 17.9 Å². The largest absolute Gasteiger partial charge is 0.360 e. The molecule has 0 saturated carbocycles. The Hall–Kier alpha value is -4.08. The van der Waals surface area contributed by atoms with Gasteiger partial charge in [0, 0.05) is 12.3 Å². The van der Waals surface area contributed by atoms with Crippen molar-refractivity contribution in [3.05, 3.63) is 86.6 Å². The first-order valence-corrected chi connectivity index (χ1v) is 8.98. The van der Waals surface area contributed by atoms with Crippen LogP contribution in [0.15, 0.2) is 62.8 Å². The van der Waals surface area contributed by atoms with Crippen molar-refractivity contribution in [2.45, 2.75) is 20.0 Å². The number of carbonyl (C=O) groups is 1. The minimum atomic E-state index is -0.684. The van der Waals surface area contributed by atoms with Crippen LogP contribution in [0.4, 0.5) is 10.2 Å². The van der Waals surface area contributed by atoms with Gasteiger partial charge in [0.05, 0.1) is 12.1 Å². The highest BCUT2D eigenvalue weighted by Gasteiger charge is 2.17. The van der Waals surface area contributed by atoms with Crippen LogP contribution in [0.3, 0.4) is 0 Å². The molecule has 4 rings (SSSR count). The van der Waals surface area contributed by atoms with E-state index in [-0.39, 0.29) is 29.9 Å². The number of fused-ring (bicyclic) bond motifs is 1. The van der Waals surface area contributed by atoms with E-state index < -0.39 is 23.0 Å². The minimum Gasteiger partial charge on any atom is -0.360 e. The standard InChI is InChI=1S/C20H16FN5O4/c1-12-9-16(24-30-12)23-17(27)11-25-15-3-2-8-22-18(15)19(28)26(20(25)29)10-13-4-6-14(21)7-5-13/h2-9H,10-11H2,1H3,(H,23,24,27). The summed E-state index contributed by atoms with van der Waals surface area (Å²) in [7, 11) is 0. The lowest BCUT2D eigenvalue weighted by Gasteiger charge is -2.13. The van der Waals surface area contributed by atoms with Crippen LogP contribution < -0.4 is 16.6 Å². The van der Waals surface area contributed by atoms with Crippen LogP contribution in [0.1, 0.15) is 11.3 Å². The van der Waals surface area contributed by atoms with Crippen molar-refractivity contribution in [3.8, 4) is 0 Å². The third kappa shape index (κ3) is 3.75. The van der Waals surface area contributed by atoms with E-state index in [9.17, 15) is 18.8 Å². The first-order chi connectivity index (χ1) is 14.4. The number of carbonyl (C=O) groups excluding carboxylic acids is 1. The van der Waals surface area contributed by atoms with E-state index in [1.54, 1.807) is 19.1 Å². The number of hydrogen-bond donors (Lipinski definition) is 1. The molecule has 0 aliphatic heterocycles. The Kier molecular flexibility index (Phi) is 4.97. The number of hydrogen-bond acceptors (Lipinski definition) is 6. The van der Waals surface area contributed by atoms with Gasteiger partial charge in [0.25, 0.3) is 5.56 Å². The maximum atomic E-state index is 13.2. The molecule has 3 aromatic heterocycles. The molecule has 0 aliphatic carbocycles. The molecule has 4 aromatic rings. The highest BCUT2D eigenvalue weighted by atomic mass is 19.1. The maximum Gasteiger partial charge on any atom is 0.332 e. The summed E-state index contributed by atoms with van der Waals surface area (Å²) in [6.07, 6.45) is 1.43. The smallest absolute Gasteiger partial charge is 0.332 e. The van der Waals surface area contributed by atoms with Gasteiger partial charge in [-0.3, -0.25) is 18.7 Å². The molecule has 0 unspecified atom stereocenters. The third-order valence-electron chi connectivity index (χ3n) is 4.44. The van der Waals surface area contributed by atoms with Gasteiger partial charge in [0.1, 0.15) is 18.1 Å². The normalized spacial score (nSPS) is 11.0. The Morgan fingerprint density at radius 1 is 1.17 bits per heavy atom. The van der Waals surface area contributed by atoms with Crippen molar-refractivity contribution in [1.29, 1.82) is 0 Å². The Bertz CT molecular complexity index is 1350. The van der Waals surface area contributed by atoms with Crippen LogP contribution in [0.5, 0.6) is 0 Å². The zero-order valence-electron chi connectivity index (χ0n) is 15.8. The monoisotopic (exact) mass is 409 g/mol. The molecule has 0 saturated heterocycles. The highest BCUT2D eigenvalue weighted by molar-refractivity contribution is 5.90. The Morgan fingerprint density at radius 2 is 1.93 bits per heavy atom. The lowest BCUT2D eigenvalue weighted by atomic mass is 10.2. The molecule has 9 nitrogen and oxygen atoms in total. The number of benzene rings is 1. The zero-order valence-corrected chi connectivity index (χ0v) is 15.8. The van der Waals surface area contributed by atoms with E-state index >= 15 is 0 Å². The second-order valence-corrected chi connectivity index (χ2v) is 6.63. The average molecular weight is 409 g/mol. The molecule has 10 heteroatoms. The number of nitrogens with zero attached hydrogens (tertiary/aromatic N) is 4. The fraction of sp³-hybridized carbons (Fsp3) is 0.150. The van der Waals surface area contributed by atoms with Gasteiger partial charge in [-0.15, -0.1) is 0 Å². The number of pyridine rings is 1. The predicted octanol–water partition coefficient (Wildman–Crippen LogP) is 1.68. The van der Waals surface area contributed by atoms with Crippen molar-refractivity contribution in [2.24, 2.45) is 0 Å². The summed E-state index contributed by atoms with van der Waals surface area (Å²) in [5.41, 5.74) is -0.446. The fourth-order valence-electron chi connectivity index (χ4n) is 3.06. The highest BCUT2D eigenvalue weighted by Crippen LogP contribution is 2.09. The summed E-state index contributed by atoms with van der Waals surface area (Å²) < 4.78 is 20.2. The summed E-state index contributed by atoms with van der Waals surface area (Å²) in [6, 6.07) is 10.1. The number of rotatable bonds is 5. The van der Waals surface area contributed by atoms with Gasteiger partial charge in [-0.25, -0.2) is 14.2 Å². The van der Waals surface area contributed by atoms with Crippen LogP contribution >= 0.6 is 0 Å². The second-order valence-electron chi connectivity index (χ2n) is 6.63. The first kappa shape index (κ1) is 19.2. The zero-order chi connectivity index (χ0) is 21.3. The molecular formula is C20H16FN5O4. The lowest BCUT2D eigenvalue weighted by molar-refractivity contribution is -0.116. The van der Waals surface area contributed by atoms with Crippen LogP contribution in [-0.4, -0.2) is 25.2 Å².